The van der Waals surface area contributed by atoms with Crippen molar-refractivity contribution in [2.24, 2.45) is 0 Å². The smallest absolute Gasteiger partial charge is 0.138 e. The molecule has 15 heavy (non-hydrogen) atoms. The van der Waals surface area contributed by atoms with Gasteiger partial charge >= 0.3 is 0 Å². The number of nitrogens with zero attached hydrogens (tertiary/aromatic N) is 2. The van der Waals surface area contributed by atoms with E-state index in [1.165, 1.54) is 0 Å². The number of H-pyrrole nitrogens is 1. The maximum atomic E-state index is 8.95. The summed E-state index contributed by atoms with van der Waals surface area (Å²) in [6.45, 7) is 2.05. The van der Waals surface area contributed by atoms with E-state index >= 15 is 0 Å². The minimum atomic E-state index is 0.648. The number of aryl methyl sites for hydroxylation is 1. The van der Waals surface area contributed by atoms with Gasteiger partial charge < -0.3 is 4.98 Å². The first-order chi connectivity index (χ1) is 7.35. The van der Waals surface area contributed by atoms with Crippen LogP contribution < -0.4 is 0 Å². The molecule has 0 bridgehead atoms. The summed E-state index contributed by atoms with van der Waals surface area (Å²) in [4.78, 5) is 7.49. The molecule has 0 atom stereocenters. The molecule has 0 saturated carbocycles. The molecule has 1 heterocycles. The molecular formula is C12H11N3. The van der Waals surface area contributed by atoms with Gasteiger partial charge in [-0.2, -0.15) is 5.26 Å². The Labute approximate surface area is 88.4 Å². The second kappa shape index (κ2) is 3.97. The molecule has 0 aliphatic rings. The molecule has 1 aromatic heterocycles. The minimum absolute atomic E-state index is 0.648. The van der Waals surface area contributed by atoms with Gasteiger partial charge in [-0.25, -0.2) is 4.98 Å². The zero-order chi connectivity index (χ0) is 10.7. The summed E-state index contributed by atoms with van der Waals surface area (Å²) in [6, 6.07) is 9.62. The summed E-state index contributed by atoms with van der Waals surface area (Å²) in [7, 11) is 0. The maximum absolute atomic E-state index is 8.95. The van der Waals surface area contributed by atoms with E-state index in [9.17, 15) is 0 Å². The van der Waals surface area contributed by atoms with Gasteiger partial charge in [-0.3, -0.25) is 0 Å². The van der Waals surface area contributed by atoms with Crippen molar-refractivity contribution >= 4 is 0 Å². The number of hydrogen-bond acceptors (Lipinski definition) is 2. The maximum Gasteiger partial charge on any atom is 0.138 e. The van der Waals surface area contributed by atoms with Gasteiger partial charge in [-0.15, -0.1) is 0 Å². The van der Waals surface area contributed by atoms with Gasteiger partial charge in [-0.1, -0.05) is 19.1 Å². The van der Waals surface area contributed by atoms with Crippen molar-refractivity contribution in [3.63, 3.8) is 0 Å². The van der Waals surface area contributed by atoms with Crippen LogP contribution in [0, 0.1) is 11.3 Å². The van der Waals surface area contributed by atoms with Gasteiger partial charge in [0, 0.05) is 11.8 Å². The SMILES string of the molecule is CCc1c[nH]c(-c2ccccc2C#N)n1. The summed E-state index contributed by atoms with van der Waals surface area (Å²) in [5.74, 6) is 0.768. The number of aromatic nitrogens is 2. The van der Waals surface area contributed by atoms with Crippen LogP contribution in [0.4, 0.5) is 0 Å². The highest BCUT2D eigenvalue weighted by Gasteiger charge is 2.06. The van der Waals surface area contributed by atoms with Crippen molar-refractivity contribution in [1.29, 1.82) is 5.26 Å². The van der Waals surface area contributed by atoms with Crippen molar-refractivity contribution in [2.45, 2.75) is 13.3 Å². The Hall–Kier alpha value is -2.08. The first-order valence-electron chi connectivity index (χ1n) is 4.89. The number of nitrogens with one attached hydrogen (secondary N) is 1. The average Bonchev–Trinajstić information content (AvgIpc) is 2.77. The van der Waals surface area contributed by atoms with Crippen molar-refractivity contribution in [3.05, 3.63) is 41.7 Å². The summed E-state index contributed by atoms with van der Waals surface area (Å²) in [5.41, 5.74) is 2.52. The van der Waals surface area contributed by atoms with Crippen LogP contribution >= 0.6 is 0 Å². The normalized spacial score (nSPS) is 9.87. The standard InChI is InChI=1S/C12H11N3/c1-2-10-8-14-12(15-10)11-6-4-3-5-9(11)7-13/h3-6,8H,2H2,1H3,(H,14,15). The number of nitriles is 1. The molecule has 0 spiro atoms. The van der Waals surface area contributed by atoms with E-state index < -0.39 is 0 Å². The number of imidazole rings is 1. The van der Waals surface area contributed by atoms with Crippen LogP contribution in [-0.2, 0) is 6.42 Å². The summed E-state index contributed by atoms with van der Waals surface area (Å²) in [5, 5.41) is 8.95. The Bertz CT molecular complexity index is 506. The lowest BCUT2D eigenvalue weighted by atomic mass is 10.1. The fourth-order valence-electron chi connectivity index (χ4n) is 1.47. The third-order valence-electron chi connectivity index (χ3n) is 2.30. The topological polar surface area (TPSA) is 52.5 Å². The molecule has 0 unspecified atom stereocenters. The number of aromatic amines is 1. The monoisotopic (exact) mass is 197 g/mol. The second-order valence-corrected chi connectivity index (χ2v) is 3.25. The molecule has 1 N–H and O–H groups in total. The largest absolute Gasteiger partial charge is 0.344 e. The lowest BCUT2D eigenvalue weighted by Crippen LogP contribution is -1.86. The summed E-state index contributed by atoms with van der Waals surface area (Å²) < 4.78 is 0. The van der Waals surface area contributed by atoms with Gasteiger partial charge in [0.2, 0.25) is 0 Å². The molecule has 1 aromatic carbocycles. The van der Waals surface area contributed by atoms with Crippen LogP contribution in [0.5, 0.6) is 0 Å². The zero-order valence-corrected chi connectivity index (χ0v) is 8.49. The molecule has 74 valence electrons. The van der Waals surface area contributed by atoms with Gasteiger partial charge in [0.15, 0.2) is 0 Å². The average molecular weight is 197 g/mol. The van der Waals surface area contributed by atoms with Crippen LogP contribution in [0.25, 0.3) is 11.4 Å². The van der Waals surface area contributed by atoms with E-state index in [-0.39, 0.29) is 0 Å². The lowest BCUT2D eigenvalue weighted by molar-refractivity contribution is 1.07. The molecular weight excluding hydrogens is 186 g/mol. The van der Waals surface area contributed by atoms with Gasteiger partial charge in [0.1, 0.15) is 5.82 Å². The Morgan fingerprint density at radius 1 is 1.40 bits per heavy atom. The molecule has 0 radical (unpaired) electrons. The molecule has 2 aromatic rings. The Kier molecular flexibility index (Phi) is 2.51. The Balaban J connectivity index is 2.49. The fourth-order valence-corrected chi connectivity index (χ4v) is 1.47. The Morgan fingerprint density at radius 3 is 2.87 bits per heavy atom. The van der Waals surface area contributed by atoms with Crippen LogP contribution in [0.3, 0.4) is 0 Å². The number of rotatable bonds is 2. The highest BCUT2D eigenvalue weighted by atomic mass is 14.9. The molecule has 0 amide bonds. The third kappa shape index (κ3) is 1.75. The highest BCUT2D eigenvalue weighted by Crippen LogP contribution is 2.19. The van der Waals surface area contributed by atoms with Crippen molar-refractivity contribution < 1.29 is 0 Å². The molecule has 3 nitrogen and oxygen atoms in total. The lowest BCUT2D eigenvalue weighted by Gasteiger charge is -1.98. The zero-order valence-electron chi connectivity index (χ0n) is 8.49. The van der Waals surface area contributed by atoms with Crippen LogP contribution in [0.2, 0.25) is 0 Å². The summed E-state index contributed by atoms with van der Waals surface area (Å²) >= 11 is 0. The van der Waals surface area contributed by atoms with Crippen LogP contribution in [0.1, 0.15) is 18.2 Å². The first-order valence-corrected chi connectivity index (χ1v) is 4.89. The van der Waals surface area contributed by atoms with Gasteiger partial charge in [-0.05, 0) is 18.6 Å². The quantitative estimate of drug-likeness (QED) is 0.804. The van der Waals surface area contributed by atoms with Crippen molar-refractivity contribution in [3.8, 4) is 17.5 Å². The first kappa shape index (κ1) is 9.47. The minimum Gasteiger partial charge on any atom is -0.344 e. The van der Waals surface area contributed by atoms with E-state index in [1.807, 2.05) is 24.4 Å². The van der Waals surface area contributed by atoms with Crippen molar-refractivity contribution in [2.75, 3.05) is 0 Å². The van der Waals surface area contributed by atoms with Crippen molar-refractivity contribution in [1.82, 2.24) is 9.97 Å². The summed E-state index contributed by atoms with van der Waals surface area (Å²) in [6.07, 6.45) is 2.77. The predicted octanol–water partition coefficient (Wildman–Crippen LogP) is 2.51. The van der Waals surface area contributed by atoms with Gasteiger partial charge in [0.05, 0.1) is 17.3 Å². The molecule has 0 aliphatic carbocycles. The Morgan fingerprint density at radius 2 is 2.20 bits per heavy atom. The van der Waals surface area contributed by atoms with E-state index in [1.54, 1.807) is 6.07 Å². The number of benzene rings is 1. The second-order valence-electron chi connectivity index (χ2n) is 3.25. The van der Waals surface area contributed by atoms with Crippen LogP contribution in [-0.4, -0.2) is 9.97 Å². The van der Waals surface area contributed by atoms with E-state index in [0.29, 0.717) is 5.56 Å². The molecule has 0 fully saturated rings. The fraction of sp³-hybridized carbons (Fsp3) is 0.167. The number of hydrogen-bond donors (Lipinski definition) is 1. The predicted molar refractivity (Wildman–Crippen MR) is 58.1 cm³/mol. The van der Waals surface area contributed by atoms with Gasteiger partial charge in [0.25, 0.3) is 0 Å². The van der Waals surface area contributed by atoms with Crippen LogP contribution in [0.15, 0.2) is 30.5 Å². The van der Waals surface area contributed by atoms with E-state index in [2.05, 4.69) is 23.0 Å². The molecule has 3 heteroatoms. The van der Waals surface area contributed by atoms with E-state index in [4.69, 9.17) is 5.26 Å². The van der Waals surface area contributed by atoms with E-state index in [0.717, 1.165) is 23.5 Å². The molecule has 0 saturated heterocycles. The molecule has 2 rings (SSSR count). The third-order valence-corrected chi connectivity index (χ3v) is 2.30. The highest BCUT2D eigenvalue weighted by molar-refractivity contribution is 5.64. The molecule has 0 aliphatic heterocycles.